The molecule has 0 unspecified atom stereocenters. The van der Waals surface area contributed by atoms with E-state index in [9.17, 15) is 0 Å². The molecule has 4 nitrogen and oxygen atoms in total. The van der Waals surface area contributed by atoms with Gasteiger partial charge in [-0.3, -0.25) is 0 Å². The van der Waals surface area contributed by atoms with Gasteiger partial charge in [0.15, 0.2) is 0 Å². The fourth-order valence-electron chi connectivity index (χ4n) is 3.23. The summed E-state index contributed by atoms with van der Waals surface area (Å²) in [7, 11) is 0. The third-order valence-corrected chi connectivity index (χ3v) is 4.79. The Morgan fingerprint density at radius 2 is 1.23 bits per heavy atom. The maximum absolute atomic E-state index is 5.93. The molecular formula is C18H40N4. The first kappa shape index (κ1) is 19.9. The van der Waals surface area contributed by atoms with Crippen LogP contribution in [0.15, 0.2) is 0 Å². The highest BCUT2D eigenvalue weighted by atomic mass is 14.9. The van der Waals surface area contributed by atoms with Crippen molar-refractivity contribution >= 4 is 0 Å². The summed E-state index contributed by atoms with van der Waals surface area (Å²) in [5.41, 5.74) is 11.4. The van der Waals surface area contributed by atoms with Crippen LogP contribution in [-0.2, 0) is 0 Å². The zero-order valence-electron chi connectivity index (χ0n) is 14.6. The van der Waals surface area contributed by atoms with Crippen molar-refractivity contribution in [1.29, 1.82) is 0 Å². The Balaban J connectivity index is 1.71. The van der Waals surface area contributed by atoms with Crippen LogP contribution in [0.25, 0.3) is 0 Å². The predicted octanol–water partition coefficient (Wildman–Crippen LogP) is 2.52. The Morgan fingerprint density at radius 1 is 0.682 bits per heavy atom. The molecule has 0 atom stereocenters. The lowest BCUT2D eigenvalue weighted by atomic mass is 9.92. The average Bonchev–Trinajstić information content (AvgIpc) is 2.53. The Labute approximate surface area is 138 Å². The van der Waals surface area contributed by atoms with E-state index in [0.29, 0.717) is 6.04 Å². The average molecular weight is 313 g/mol. The summed E-state index contributed by atoms with van der Waals surface area (Å²) in [6.07, 6.45) is 15.4. The van der Waals surface area contributed by atoms with Gasteiger partial charge in [-0.25, -0.2) is 0 Å². The molecule has 22 heavy (non-hydrogen) atoms. The van der Waals surface area contributed by atoms with Gasteiger partial charge in [0, 0.05) is 12.1 Å². The van der Waals surface area contributed by atoms with Crippen LogP contribution in [-0.4, -0.2) is 38.3 Å². The molecule has 1 saturated carbocycles. The minimum absolute atomic E-state index is 0.465. The highest BCUT2D eigenvalue weighted by Crippen LogP contribution is 2.16. The van der Waals surface area contributed by atoms with Crippen molar-refractivity contribution in [2.24, 2.45) is 11.5 Å². The highest BCUT2D eigenvalue weighted by Gasteiger charge is 2.17. The Hall–Kier alpha value is -0.160. The molecule has 0 saturated heterocycles. The molecule has 0 aliphatic heterocycles. The van der Waals surface area contributed by atoms with E-state index in [1.165, 1.54) is 90.1 Å². The Kier molecular flexibility index (Phi) is 13.0. The maximum atomic E-state index is 5.93. The van der Waals surface area contributed by atoms with Crippen molar-refractivity contribution in [1.82, 2.24) is 10.6 Å². The van der Waals surface area contributed by atoms with Gasteiger partial charge >= 0.3 is 0 Å². The fourth-order valence-corrected chi connectivity index (χ4v) is 3.23. The van der Waals surface area contributed by atoms with Crippen LogP contribution in [0.1, 0.15) is 77.0 Å². The number of unbranched alkanes of at least 4 members (excludes halogenated alkanes) is 6. The molecule has 0 aromatic carbocycles. The molecule has 0 heterocycles. The molecule has 0 aromatic heterocycles. The third kappa shape index (κ3) is 11.4. The van der Waals surface area contributed by atoms with Gasteiger partial charge in [-0.05, 0) is 77.5 Å². The van der Waals surface area contributed by atoms with Crippen LogP contribution in [0, 0.1) is 0 Å². The fraction of sp³-hybridized carbons (Fsp3) is 1.00. The van der Waals surface area contributed by atoms with Gasteiger partial charge in [-0.15, -0.1) is 0 Å². The van der Waals surface area contributed by atoms with Crippen LogP contribution in [0.5, 0.6) is 0 Å². The molecule has 0 aromatic rings. The van der Waals surface area contributed by atoms with Crippen molar-refractivity contribution < 1.29 is 0 Å². The Bertz CT molecular complexity index is 227. The first-order valence-corrected chi connectivity index (χ1v) is 9.72. The van der Waals surface area contributed by atoms with Crippen molar-refractivity contribution in [2.45, 2.75) is 89.1 Å². The SMILES string of the molecule is NCCCCCNCCCCCCCNC1CCC(N)CC1. The van der Waals surface area contributed by atoms with E-state index in [1.807, 2.05) is 0 Å². The van der Waals surface area contributed by atoms with E-state index < -0.39 is 0 Å². The number of hydrogen-bond donors (Lipinski definition) is 4. The topological polar surface area (TPSA) is 76.1 Å². The summed E-state index contributed by atoms with van der Waals surface area (Å²) in [6.45, 7) is 4.38. The summed E-state index contributed by atoms with van der Waals surface area (Å²) in [4.78, 5) is 0. The number of nitrogens with two attached hydrogens (primary N) is 2. The molecule has 132 valence electrons. The van der Waals surface area contributed by atoms with Crippen molar-refractivity contribution in [2.75, 3.05) is 26.2 Å². The van der Waals surface area contributed by atoms with Gasteiger partial charge in [0.1, 0.15) is 0 Å². The van der Waals surface area contributed by atoms with E-state index in [2.05, 4.69) is 10.6 Å². The highest BCUT2D eigenvalue weighted by molar-refractivity contribution is 4.78. The molecule has 1 aliphatic rings. The zero-order chi connectivity index (χ0) is 15.9. The molecule has 1 fully saturated rings. The number of rotatable bonds is 14. The minimum atomic E-state index is 0.465. The van der Waals surface area contributed by atoms with E-state index in [-0.39, 0.29) is 0 Å². The summed E-state index contributed by atoms with van der Waals surface area (Å²) >= 11 is 0. The van der Waals surface area contributed by atoms with Crippen LogP contribution < -0.4 is 22.1 Å². The molecule has 0 bridgehead atoms. The molecule has 1 rings (SSSR count). The molecule has 0 spiro atoms. The smallest absolute Gasteiger partial charge is 0.00682 e. The van der Waals surface area contributed by atoms with Gasteiger partial charge in [-0.2, -0.15) is 0 Å². The minimum Gasteiger partial charge on any atom is -0.330 e. The summed E-state index contributed by atoms with van der Waals surface area (Å²) < 4.78 is 0. The standard InChI is InChI=1S/C18H40N4/c19-13-5-4-7-15-21-14-6-2-1-3-8-16-22-18-11-9-17(20)10-12-18/h17-18,21-22H,1-16,19-20H2. The lowest BCUT2D eigenvalue weighted by Gasteiger charge is -2.26. The monoisotopic (exact) mass is 312 g/mol. The lowest BCUT2D eigenvalue weighted by molar-refractivity contribution is 0.340. The summed E-state index contributed by atoms with van der Waals surface area (Å²) in [5.74, 6) is 0. The first-order valence-electron chi connectivity index (χ1n) is 9.72. The second-order valence-corrected chi connectivity index (χ2v) is 6.93. The molecule has 0 amide bonds. The third-order valence-electron chi connectivity index (χ3n) is 4.79. The number of hydrogen-bond acceptors (Lipinski definition) is 4. The van der Waals surface area contributed by atoms with E-state index >= 15 is 0 Å². The molecule has 4 heteroatoms. The van der Waals surface area contributed by atoms with Crippen molar-refractivity contribution in [3.05, 3.63) is 0 Å². The van der Waals surface area contributed by atoms with Gasteiger partial charge in [0.25, 0.3) is 0 Å². The lowest BCUT2D eigenvalue weighted by Crippen LogP contribution is -2.37. The van der Waals surface area contributed by atoms with Crippen LogP contribution >= 0.6 is 0 Å². The van der Waals surface area contributed by atoms with Crippen LogP contribution in [0.3, 0.4) is 0 Å². The van der Waals surface area contributed by atoms with Crippen LogP contribution in [0.2, 0.25) is 0 Å². The van der Waals surface area contributed by atoms with Crippen molar-refractivity contribution in [3.8, 4) is 0 Å². The van der Waals surface area contributed by atoms with E-state index in [4.69, 9.17) is 11.5 Å². The summed E-state index contributed by atoms with van der Waals surface area (Å²) in [6, 6.07) is 1.20. The van der Waals surface area contributed by atoms with E-state index in [1.54, 1.807) is 0 Å². The molecule has 0 radical (unpaired) electrons. The second kappa shape index (κ2) is 14.4. The largest absolute Gasteiger partial charge is 0.330 e. The molecular weight excluding hydrogens is 272 g/mol. The molecule has 1 aliphatic carbocycles. The number of nitrogens with one attached hydrogen (secondary N) is 2. The summed E-state index contributed by atoms with van der Waals surface area (Å²) in [5, 5.41) is 7.23. The normalized spacial score (nSPS) is 22.1. The Morgan fingerprint density at radius 3 is 1.86 bits per heavy atom. The van der Waals surface area contributed by atoms with Gasteiger partial charge in [0.05, 0.1) is 0 Å². The van der Waals surface area contributed by atoms with Gasteiger partial charge in [0.2, 0.25) is 0 Å². The zero-order valence-corrected chi connectivity index (χ0v) is 14.6. The van der Waals surface area contributed by atoms with Gasteiger partial charge < -0.3 is 22.1 Å². The predicted molar refractivity (Wildman–Crippen MR) is 97.1 cm³/mol. The second-order valence-electron chi connectivity index (χ2n) is 6.93. The van der Waals surface area contributed by atoms with Crippen molar-refractivity contribution in [3.63, 3.8) is 0 Å². The van der Waals surface area contributed by atoms with Gasteiger partial charge in [-0.1, -0.05) is 25.7 Å². The maximum Gasteiger partial charge on any atom is 0.00682 e. The first-order chi connectivity index (χ1) is 10.8. The van der Waals surface area contributed by atoms with Crippen LogP contribution in [0.4, 0.5) is 0 Å². The van der Waals surface area contributed by atoms with E-state index in [0.717, 1.165) is 19.1 Å². The molecule has 6 N–H and O–H groups in total. The quantitative estimate of drug-likeness (QED) is 0.372.